The third-order valence-corrected chi connectivity index (χ3v) is 3.87. The lowest BCUT2D eigenvalue weighted by Gasteiger charge is -2.37. The molecule has 2 aliphatic heterocycles. The number of rotatable bonds is 1. The first-order valence-electron chi connectivity index (χ1n) is 6.56. The lowest BCUT2D eigenvalue weighted by molar-refractivity contribution is -0.241. The maximum Gasteiger partial charge on any atom is 0.422 e. The molecule has 9 heteroatoms. The van der Waals surface area contributed by atoms with E-state index in [4.69, 9.17) is 4.74 Å². The van der Waals surface area contributed by atoms with Gasteiger partial charge in [-0.2, -0.15) is 18.3 Å². The fraction of sp³-hybridized carbons (Fsp3) is 0.667. The average Bonchev–Trinajstić information content (AvgIpc) is 2.98. The normalized spacial score (nSPS) is 21.0. The Bertz CT molecular complexity index is 540. The Hall–Kier alpha value is -1.80. The zero-order chi connectivity index (χ0) is 15.3. The number of halogens is 4. The molecule has 1 aromatic rings. The van der Waals surface area contributed by atoms with Gasteiger partial charge in [0.05, 0.1) is 6.54 Å². The minimum Gasteiger partial charge on any atom is -0.476 e. The molecular weight excluding hydrogens is 294 g/mol. The lowest BCUT2D eigenvalue weighted by Crippen LogP contribution is -2.51. The molecule has 0 unspecified atom stereocenters. The van der Waals surface area contributed by atoms with Crippen LogP contribution in [-0.4, -0.2) is 52.1 Å². The highest BCUT2D eigenvalue weighted by molar-refractivity contribution is 5.92. The number of fused-ring (bicyclic) bond motifs is 1. The summed E-state index contributed by atoms with van der Waals surface area (Å²) in [6.45, 7) is 0.455. The smallest absolute Gasteiger partial charge is 0.422 e. The summed E-state index contributed by atoms with van der Waals surface area (Å²) in [7, 11) is 0. The molecule has 1 amide bonds. The molecule has 0 radical (unpaired) electrons. The van der Waals surface area contributed by atoms with E-state index >= 15 is 0 Å². The van der Waals surface area contributed by atoms with Gasteiger partial charge < -0.3 is 9.64 Å². The van der Waals surface area contributed by atoms with Crippen molar-refractivity contribution in [2.45, 2.75) is 31.2 Å². The monoisotopic (exact) mass is 307 g/mol. The lowest BCUT2D eigenvalue weighted by atomic mass is 9.92. The van der Waals surface area contributed by atoms with Crippen LogP contribution in [-0.2, 0) is 6.54 Å². The van der Waals surface area contributed by atoms with E-state index in [0.717, 1.165) is 0 Å². The minimum atomic E-state index is -4.90. The van der Waals surface area contributed by atoms with Gasteiger partial charge in [-0.1, -0.05) is 0 Å². The maximum absolute atomic E-state index is 13.7. The number of hydrogen-bond acceptors (Lipinski definition) is 3. The van der Waals surface area contributed by atoms with Crippen molar-refractivity contribution in [2.75, 3.05) is 19.7 Å². The second kappa shape index (κ2) is 4.60. The minimum absolute atomic E-state index is 0.114. The number of piperidine rings is 1. The molecule has 0 atom stereocenters. The summed E-state index contributed by atoms with van der Waals surface area (Å²) < 4.78 is 58.2. The molecule has 1 saturated heterocycles. The molecule has 3 heterocycles. The summed E-state index contributed by atoms with van der Waals surface area (Å²) in [6, 6.07) is 1.45. The SMILES string of the molecule is O=C(c1cc2n(n1)CCO2)N1CCC(F)(C(F)(F)F)CC1. The fourth-order valence-electron chi connectivity index (χ4n) is 2.53. The molecule has 0 aromatic carbocycles. The number of ether oxygens (including phenoxy) is 1. The molecule has 1 aromatic heterocycles. The molecule has 0 aliphatic carbocycles. The van der Waals surface area contributed by atoms with Crippen molar-refractivity contribution in [2.24, 2.45) is 0 Å². The van der Waals surface area contributed by atoms with Crippen LogP contribution >= 0.6 is 0 Å². The van der Waals surface area contributed by atoms with Crippen molar-refractivity contribution in [3.05, 3.63) is 11.8 Å². The van der Waals surface area contributed by atoms with Gasteiger partial charge in [0.1, 0.15) is 6.61 Å². The van der Waals surface area contributed by atoms with E-state index in [1.807, 2.05) is 0 Å². The molecule has 0 N–H and O–H groups in total. The summed E-state index contributed by atoms with van der Waals surface area (Å²) in [6.07, 6.45) is -6.38. The van der Waals surface area contributed by atoms with Crippen LogP contribution in [0.15, 0.2) is 6.07 Å². The standard InChI is InChI=1S/C12H13F4N3O2/c13-11(12(14,15)16)1-3-18(4-2-11)10(20)8-7-9-19(17-8)5-6-21-9/h7H,1-6H2. The van der Waals surface area contributed by atoms with Gasteiger partial charge >= 0.3 is 6.18 Å². The van der Waals surface area contributed by atoms with Gasteiger partial charge in [-0.3, -0.25) is 4.79 Å². The summed E-state index contributed by atoms with van der Waals surface area (Å²) in [5, 5.41) is 4.04. The summed E-state index contributed by atoms with van der Waals surface area (Å²) >= 11 is 0. The van der Waals surface area contributed by atoms with Crippen LogP contribution < -0.4 is 4.74 Å². The third-order valence-electron chi connectivity index (χ3n) is 3.87. The van der Waals surface area contributed by atoms with E-state index in [2.05, 4.69) is 5.10 Å². The van der Waals surface area contributed by atoms with Crippen LogP contribution in [0.1, 0.15) is 23.3 Å². The Kier molecular flexibility index (Phi) is 3.10. The van der Waals surface area contributed by atoms with E-state index in [1.54, 1.807) is 0 Å². The van der Waals surface area contributed by atoms with Crippen LogP contribution in [0.25, 0.3) is 0 Å². The quantitative estimate of drug-likeness (QED) is 0.743. The number of aromatic nitrogens is 2. The van der Waals surface area contributed by atoms with Gasteiger partial charge in [-0.05, 0) is 0 Å². The van der Waals surface area contributed by atoms with E-state index < -0.39 is 30.6 Å². The number of hydrogen-bond donors (Lipinski definition) is 0. The Morgan fingerprint density at radius 3 is 2.52 bits per heavy atom. The molecule has 3 rings (SSSR count). The van der Waals surface area contributed by atoms with E-state index in [9.17, 15) is 22.4 Å². The first kappa shape index (κ1) is 14.2. The van der Waals surface area contributed by atoms with Crippen molar-refractivity contribution in [3.8, 4) is 5.88 Å². The maximum atomic E-state index is 13.7. The predicted molar refractivity (Wildman–Crippen MR) is 62.8 cm³/mol. The van der Waals surface area contributed by atoms with Gasteiger partial charge in [-0.25, -0.2) is 9.07 Å². The zero-order valence-electron chi connectivity index (χ0n) is 11.0. The Balaban J connectivity index is 1.68. The van der Waals surface area contributed by atoms with Gasteiger partial charge in [0.2, 0.25) is 11.5 Å². The molecular formula is C12H13F4N3O2. The Morgan fingerprint density at radius 1 is 1.29 bits per heavy atom. The molecule has 0 spiro atoms. The summed E-state index contributed by atoms with van der Waals surface area (Å²) in [5.74, 6) is -0.0322. The first-order valence-corrected chi connectivity index (χ1v) is 6.56. The molecule has 5 nitrogen and oxygen atoms in total. The third kappa shape index (κ3) is 2.34. The number of carbonyl (C=O) groups excluding carboxylic acids is 1. The first-order chi connectivity index (χ1) is 9.80. The van der Waals surface area contributed by atoms with Gasteiger partial charge in [0.25, 0.3) is 5.91 Å². The van der Waals surface area contributed by atoms with E-state index in [1.165, 1.54) is 15.6 Å². The number of carbonyl (C=O) groups is 1. The van der Waals surface area contributed by atoms with Gasteiger partial charge in [0, 0.05) is 32.0 Å². The van der Waals surface area contributed by atoms with Crippen molar-refractivity contribution in [1.82, 2.24) is 14.7 Å². The largest absolute Gasteiger partial charge is 0.476 e. The van der Waals surface area contributed by atoms with Crippen LogP contribution in [0, 0.1) is 0 Å². The highest BCUT2D eigenvalue weighted by Gasteiger charge is 2.57. The number of nitrogens with zero attached hydrogens (tertiary/aromatic N) is 3. The molecule has 1 fully saturated rings. The summed E-state index contributed by atoms with van der Waals surface area (Å²) in [5.41, 5.74) is -3.09. The van der Waals surface area contributed by atoms with Gasteiger partial charge in [0.15, 0.2) is 5.69 Å². The Labute approximate surface area is 117 Å². The highest BCUT2D eigenvalue weighted by Crippen LogP contribution is 2.41. The average molecular weight is 307 g/mol. The van der Waals surface area contributed by atoms with Crippen LogP contribution in [0.4, 0.5) is 17.6 Å². The number of likely N-dealkylation sites (tertiary alicyclic amines) is 1. The Morgan fingerprint density at radius 2 is 1.95 bits per heavy atom. The predicted octanol–water partition coefficient (Wildman–Crippen LogP) is 1.78. The number of alkyl halides is 4. The molecule has 0 bridgehead atoms. The summed E-state index contributed by atoms with van der Waals surface area (Å²) in [4.78, 5) is 13.4. The highest BCUT2D eigenvalue weighted by atomic mass is 19.4. The van der Waals surface area contributed by atoms with Crippen LogP contribution in [0.5, 0.6) is 5.88 Å². The van der Waals surface area contributed by atoms with E-state index in [-0.39, 0.29) is 18.8 Å². The molecule has 2 aliphatic rings. The van der Waals surface area contributed by atoms with Crippen LogP contribution in [0.3, 0.4) is 0 Å². The molecule has 21 heavy (non-hydrogen) atoms. The van der Waals surface area contributed by atoms with Crippen molar-refractivity contribution in [3.63, 3.8) is 0 Å². The zero-order valence-corrected chi connectivity index (χ0v) is 11.0. The number of amides is 1. The van der Waals surface area contributed by atoms with Crippen LogP contribution in [0.2, 0.25) is 0 Å². The topological polar surface area (TPSA) is 47.4 Å². The van der Waals surface area contributed by atoms with Crippen molar-refractivity contribution in [1.29, 1.82) is 0 Å². The van der Waals surface area contributed by atoms with Crippen molar-refractivity contribution < 1.29 is 27.1 Å². The van der Waals surface area contributed by atoms with E-state index in [0.29, 0.717) is 19.0 Å². The van der Waals surface area contributed by atoms with Gasteiger partial charge in [-0.15, -0.1) is 0 Å². The second-order valence-corrected chi connectivity index (χ2v) is 5.19. The van der Waals surface area contributed by atoms with Crippen molar-refractivity contribution >= 4 is 5.91 Å². The molecule has 116 valence electrons. The fourth-order valence-corrected chi connectivity index (χ4v) is 2.53. The second-order valence-electron chi connectivity index (χ2n) is 5.19. The molecule has 0 saturated carbocycles.